The van der Waals surface area contributed by atoms with Crippen molar-refractivity contribution in [3.8, 4) is 0 Å². The van der Waals surface area contributed by atoms with Gasteiger partial charge in [-0.15, -0.1) is 0 Å². The zero-order chi connectivity index (χ0) is 17.1. The quantitative estimate of drug-likeness (QED) is 0.728. The first-order valence-corrected chi connectivity index (χ1v) is 8.70. The molecule has 0 aliphatic heterocycles. The number of halogens is 2. The van der Waals surface area contributed by atoms with Crippen molar-refractivity contribution in [3.05, 3.63) is 70.0 Å². The molecule has 3 rings (SSSR count). The van der Waals surface area contributed by atoms with Crippen molar-refractivity contribution in [2.24, 2.45) is 0 Å². The molecule has 2 nitrogen and oxygen atoms in total. The lowest BCUT2D eigenvalue weighted by Gasteiger charge is -2.23. The number of rotatable bonds is 6. The van der Waals surface area contributed by atoms with E-state index in [0.29, 0.717) is 23.4 Å². The van der Waals surface area contributed by atoms with Crippen LogP contribution in [0.15, 0.2) is 42.5 Å². The SMILES string of the molecule is Cc1cccc(CCC(=O)N(Cc2c(F)cccc2Cl)C2CC2)c1. The molecular weight excluding hydrogens is 325 g/mol. The molecule has 0 bridgehead atoms. The molecule has 1 saturated carbocycles. The van der Waals surface area contributed by atoms with Crippen LogP contribution in [-0.2, 0) is 17.8 Å². The number of carbonyl (C=O) groups excluding carboxylic acids is 1. The summed E-state index contributed by atoms with van der Waals surface area (Å²) in [6, 6.07) is 13.1. The summed E-state index contributed by atoms with van der Waals surface area (Å²) in [5.41, 5.74) is 2.76. The van der Waals surface area contributed by atoms with Crippen LogP contribution in [0.5, 0.6) is 0 Å². The summed E-state index contributed by atoms with van der Waals surface area (Å²) in [7, 11) is 0. The highest BCUT2D eigenvalue weighted by molar-refractivity contribution is 6.31. The molecule has 24 heavy (non-hydrogen) atoms. The Morgan fingerprint density at radius 2 is 2.00 bits per heavy atom. The summed E-state index contributed by atoms with van der Waals surface area (Å²) in [5, 5.41) is 0.382. The second-order valence-corrected chi connectivity index (χ2v) is 6.85. The van der Waals surface area contributed by atoms with Gasteiger partial charge in [0.1, 0.15) is 5.82 Å². The van der Waals surface area contributed by atoms with Crippen LogP contribution >= 0.6 is 11.6 Å². The van der Waals surface area contributed by atoms with Crippen molar-refractivity contribution in [3.63, 3.8) is 0 Å². The van der Waals surface area contributed by atoms with Gasteiger partial charge in [-0.25, -0.2) is 4.39 Å². The molecule has 2 aromatic carbocycles. The number of benzene rings is 2. The van der Waals surface area contributed by atoms with Gasteiger partial charge in [-0.1, -0.05) is 47.5 Å². The minimum Gasteiger partial charge on any atom is -0.335 e. The van der Waals surface area contributed by atoms with E-state index < -0.39 is 0 Å². The molecule has 0 aromatic heterocycles. The number of carbonyl (C=O) groups is 1. The van der Waals surface area contributed by atoms with Crippen molar-refractivity contribution in [2.45, 2.75) is 45.2 Å². The van der Waals surface area contributed by atoms with Crippen LogP contribution in [-0.4, -0.2) is 16.8 Å². The van der Waals surface area contributed by atoms with E-state index in [4.69, 9.17) is 11.6 Å². The Morgan fingerprint density at radius 3 is 2.67 bits per heavy atom. The average Bonchev–Trinajstić information content (AvgIpc) is 3.37. The van der Waals surface area contributed by atoms with E-state index in [0.717, 1.165) is 18.4 Å². The van der Waals surface area contributed by atoms with Crippen LogP contribution in [0.4, 0.5) is 4.39 Å². The smallest absolute Gasteiger partial charge is 0.223 e. The van der Waals surface area contributed by atoms with Crippen LogP contribution in [0.1, 0.15) is 36.0 Å². The second-order valence-electron chi connectivity index (χ2n) is 6.44. The Balaban J connectivity index is 1.68. The molecule has 1 aliphatic carbocycles. The molecule has 0 heterocycles. The Kier molecular flexibility index (Phi) is 5.20. The highest BCUT2D eigenvalue weighted by atomic mass is 35.5. The molecule has 0 N–H and O–H groups in total. The van der Waals surface area contributed by atoms with Gasteiger partial charge in [-0.3, -0.25) is 4.79 Å². The van der Waals surface area contributed by atoms with Crippen molar-refractivity contribution in [2.75, 3.05) is 0 Å². The maximum atomic E-state index is 14.0. The Bertz CT molecular complexity index is 722. The molecule has 0 unspecified atom stereocenters. The molecule has 0 radical (unpaired) electrons. The molecular formula is C20H21ClFNO. The highest BCUT2D eigenvalue weighted by Crippen LogP contribution is 2.31. The van der Waals surface area contributed by atoms with E-state index in [1.807, 2.05) is 25.1 Å². The molecule has 0 spiro atoms. The number of aryl methyl sites for hydroxylation is 2. The first-order chi connectivity index (χ1) is 11.5. The van der Waals surface area contributed by atoms with Gasteiger partial charge in [0, 0.05) is 23.0 Å². The van der Waals surface area contributed by atoms with Gasteiger partial charge >= 0.3 is 0 Å². The Morgan fingerprint density at radius 1 is 1.25 bits per heavy atom. The minimum absolute atomic E-state index is 0.0679. The summed E-state index contributed by atoms with van der Waals surface area (Å²) in [6.45, 7) is 2.30. The Labute approximate surface area is 147 Å². The van der Waals surface area contributed by atoms with Crippen LogP contribution < -0.4 is 0 Å². The summed E-state index contributed by atoms with van der Waals surface area (Å²) < 4.78 is 14.0. The molecule has 1 amide bonds. The first-order valence-electron chi connectivity index (χ1n) is 8.32. The van der Waals surface area contributed by atoms with Crippen molar-refractivity contribution < 1.29 is 9.18 Å². The predicted octanol–water partition coefficient (Wildman–Crippen LogP) is 4.91. The van der Waals surface area contributed by atoms with Gasteiger partial charge < -0.3 is 4.90 Å². The Hall–Kier alpha value is -1.87. The average molecular weight is 346 g/mol. The number of nitrogens with zero attached hydrogens (tertiary/aromatic N) is 1. The van der Waals surface area contributed by atoms with Gasteiger partial charge in [0.05, 0.1) is 6.54 Å². The predicted molar refractivity (Wildman–Crippen MR) is 94.5 cm³/mol. The van der Waals surface area contributed by atoms with E-state index in [2.05, 4.69) is 6.07 Å². The van der Waals surface area contributed by atoms with E-state index in [1.54, 1.807) is 17.0 Å². The lowest BCUT2D eigenvalue weighted by molar-refractivity contribution is -0.132. The third-order valence-electron chi connectivity index (χ3n) is 4.41. The van der Waals surface area contributed by atoms with E-state index >= 15 is 0 Å². The fourth-order valence-corrected chi connectivity index (χ4v) is 3.15. The van der Waals surface area contributed by atoms with E-state index in [1.165, 1.54) is 11.6 Å². The van der Waals surface area contributed by atoms with Crippen molar-refractivity contribution in [1.82, 2.24) is 4.90 Å². The maximum Gasteiger partial charge on any atom is 0.223 e. The van der Waals surface area contributed by atoms with Gasteiger partial charge in [0.25, 0.3) is 0 Å². The van der Waals surface area contributed by atoms with Crippen LogP contribution in [0.3, 0.4) is 0 Å². The van der Waals surface area contributed by atoms with Crippen LogP contribution in [0, 0.1) is 12.7 Å². The normalized spacial score (nSPS) is 13.8. The lowest BCUT2D eigenvalue weighted by Crippen LogP contribution is -2.33. The molecule has 1 aliphatic rings. The third kappa shape index (κ3) is 4.15. The zero-order valence-electron chi connectivity index (χ0n) is 13.8. The number of amides is 1. The number of hydrogen-bond donors (Lipinski definition) is 0. The molecule has 126 valence electrons. The summed E-state index contributed by atoms with van der Waals surface area (Å²) in [5.74, 6) is -0.280. The maximum absolute atomic E-state index is 14.0. The number of hydrogen-bond acceptors (Lipinski definition) is 1. The van der Waals surface area contributed by atoms with Gasteiger partial charge in [-0.05, 0) is 43.9 Å². The van der Waals surface area contributed by atoms with Crippen molar-refractivity contribution in [1.29, 1.82) is 0 Å². The summed E-state index contributed by atoms with van der Waals surface area (Å²) in [4.78, 5) is 14.5. The largest absolute Gasteiger partial charge is 0.335 e. The molecule has 0 saturated heterocycles. The van der Waals surface area contributed by atoms with E-state index in [-0.39, 0.29) is 24.3 Å². The molecule has 0 atom stereocenters. The van der Waals surface area contributed by atoms with Crippen LogP contribution in [0.25, 0.3) is 0 Å². The van der Waals surface area contributed by atoms with Gasteiger partial charge in [0.2, 0.25) is 5.91 Å². The highest BCUT2D eigenvalue weighted by Gasteiger charge is 2.33. The summed E-state index contributed by atoms with van der Waals surface area (Å²) in [6.07, 6.45) is 3.12. The van der Waals surface area contributed by atoms with Crippen molar-refractivity contribution >= 4 is 17.5 Å². The molecule has 1 fully saturated rings. The second kappa shape index (κ2) is 7.35. The lowest BCUT2D eigenvalue weighted by atomic mass is 10.1. The van der Waals surface area contributed by atoms with Crippen LogP contribution in [0.2, 0.25) is 5.02 Å². The fraction of sp³-hybridized carbons (Fsp3) is 0.350. The standard InChI is InChI=1S/C20H21ClFNO/c1-14-4-2-5-15(12-14)8-11-20(24)23(16-9-10-16)13-17-18(21)6-3-7-19(17)22/h2-7,12,16H,8-11,13H2,1H3. The summed E-state index contributed by atoms with van der Waals surface area (Å²) >= 11 is 6.12. The fourth-order valence-electron chi connectivity index (χ4n) is 2.92. The molecule has 4 heteroatoms. The molecule has 2 aromatic rings. The monoisotopic (exact) mass is 345 g/mol. The van der Waals surface area contributed by atoms with E-state index in [9.17, 15) is 9.18 Å². The first kappa shape index (κ1) is 17.0. The van der Waals surface area contributed by atoms with Gasteiger partial charge in [-0.2, -0.15) is 0 Å². The third-order valence-corrected chi connectivity index (χ3v) is 4.76. The zero-order valence-corrected chi connectivity index (χ0v) is 14.5. The minimum atomic E-state index is -0.348. The van der Waals surface area contributed by atoms with Gasteiger partial charge in [0.15, 0.2) is 0 Å². The topological polar surface area (TPSA) is 20.3 Å².